The minimum absolute atomic E-state index is 0.0259. The molecule has 2 N–H and O–H groups in total. The number of ether oxygens (including phenoxy) is 5. The summed E-state index contributed by atoms with van der Waals surface area (Å²) in [5, 5.41) is 5.39. The lowest BCUT2D eigenvalue weighted by molar-refractivity contribution is -0.219. The molecule has 10 nitrogen and oxygen atoms in total. The second-order valence-corrected chi connectivity index (χ2v) is 9.03. The van der Waals surface area contributed by atoms with E-state index in [1.54, 1.807) is 34.6 Å². The molecule has 0 aromatic rings. The van der Waals surface area contributed by atoms with Crippen LogP contribution in [0.15, 0.2) is 0 Å². The smallest absolute Gasteiger partial charge is 0.407 e. The maximum Gasteiger partial charge on any atom is 0.407 e. The Morgan fingerprint density at radius 3 is 2.40 bits per heavy atom. The van der Waals surface area contributed by atoms with Gasteiger partial charge in [-0.05, 0) is 41.5 Å². The summed E-state index contributed by atoms with van der Waals surface area (Å²) >= 11 is 0. The average Bonchev–Trinajstić information content (AvgIpc) is 3.03. The fourth-order valence-corrected chi connectivity index (χ4v) is 3.45. The molecule has 2 fully saturated rings. The fraction of sp³-hybridized carbons (Fsp3) is 0.850. The maximum absolute atomic E-state index is 12.4. The minimum Gasteiger partial charge on any atom is -0.444 e. The Kier molecular flexibility index (Phi) is 7.84. The third-order valence-corrected chi connectivity index (χ3v) is 4.60. The highest BCUT2D eigenvalue weighted by atomic mass is 16.8. The molecule has 2 aliphatic rings. The number of fused-ring (bicyclic) bond motifs is 1. The monoisotopic (exact) mass is 430 g/mol. The van der Waals surface area contributed by atoms with Crippen molar-refractivity contribution in [2.75, 3.05) is 13.7 Å². The molecular weight excluding hydrogens is 396 g/mol. The summed E-state index contributed by atoms with van der Waals surface area (Å²) in [7, 11) is 1.51. The van der Waals surface area contributed by atoms with Crippen LogP contribution in [0.1, 0.15) is 54.4 Å². The predicted octanol–water partition coefficient (Wildman–Crippen LogP) is 1.26. The van der Waals surface area contributed by atoms with E-state index in [4.69, 9.17) is 23.7 Å². The van der Waals surface area contributed by atoms with E-state index in [9.17, 15) is 14.4 Å². The molecule has 2 heterocycles. The van der Waals surface area contributed by atoms with E-state index >= 15 is 0 Å². The molecule has 0 bridgehead atoms. The number of alkyl carbamates (subject to hydrolysis) is 1. The summed E-state index contributed by atoms with van der Waals surface area (Å²) in [6.07, 6.45) is -2.99. The summed E-state index contributed by atoms with van der Waals surface area (Å²) in [5.41, 5.74) is -0.706. The van der Waals surface area contributed by atoms with Crippen molar-refractivity contribution in [3.05, 3.63) is 0 Å². The molecule has 0 saturated carbocycles. The Labute approximate surface area is 177 Å². The van der Waals surface area contributed by atoms with Gasteiger partial charge in [-0.15, -0.1) is 0 Å². The van der Waals surface area contributed by atoms with Crippen LogP contribution >= 0.6 is 0 Å². The second-order valence-electron chi connectivity index (χ2n) is 9.03. The largest absolute Gasteiger partial charge is 0.444 e. The SMILES string of the molecule is COC1C(C(CC(=O)NCCC(C)=O)NC(=O)OC(C)(C)C)OC2OC(C)(C)OC21. The molecule has 2 saturated heterocycles. The highest BCUT2D eigenvalue weighted by Crippen LogP contribution is 2.39. The number of nitrogens with one attached hydrogen (secondary N) is 2. The van der Waals surface area contributed by atoms with Crippen molar-refractivity contribution in [3.63, 3.8) is 0 Å². The Morgan fingerprint density at radius 2 is 1.83 bits per heavy atom. The van der Waals surface area contributed by atoms with Crippen molar-refractivity contribution in [1.29, 1.82) is 0 Å². The molecule has 0 aliphatic carbocycles. The number of carbonyl (C=O) groups excluding carboxylic acids is 3. The van der Waals surface area contributed by atoms with Gasteiger partial charge in [0.25, 0.3) is 0 Å². The Hall–Kier alpha value is -1.75. The van der Waals surface area contributed by atoms with Gasteiger partial charge in [-0.25, -0.2) is 4.79 Å². The molecule has 5 atom stereocenters. The summed E-state index contributed by atoms with van der Waals surface area (Å²) in [6, 6.07) is -0.761. The van der Waals surface area contributed by atoms with E-state index in [1.165, 1.54) is 14.0 Å². The Balaban J connectivity index is 2.11. The first kappa shape index (κ1) is 24.5. The minimum atomic E-state index is -0.824. The number of hydrogen-bond acceptors (Lipinski definition) is 8. The molecule has 2 rings (SSSR count). The molecule has 172 valence electrons. The second kappa shape index (κ2) is 9.59. The normalized spacial score (nSPS) is 28.5. The summed E-state index contributed by atoms with van der Waals surface area (Å²) in [5.74, 6) is -1.19. The van der Waals surface area contributed by atoms with Crippen molar-refractivity contribution in [2.24, 2.45) is 0 Å². The van der Waals surface area contributed by atoms with Crippen LogP contribution in [-0.2, 0) is 33.3 Å². The molecule has 5 unspecified atom stereocenters. The lowest BCUT2D eigenvalue weighted by Gasteiger charge is -2.31. The van der Waals surface area contributed by atoms with Crippen LogP contribution < -0.4 is 10.6 Å². The number of carbonyl (C=O) groups is 3. The molecule has 0 aromatic heterocycles. The third kappa shape index (κ3) is 6.90. The highest BCUT2D eigenvalue weighted by Gasteiger charge is 2.57. The zero-order chi connectivity index (χ0) is 22.7. The molecular formula is C20H34N2O8. The summed E-state index contributed by atoms with van der Waals surface area (Å²) in [6.45, 7) is 10.5. The Morgan fingerprint density at radius 1 is 1.17 bits per heavy atom. The lowest BCUT2D eigenvalue weighted by atomic mass is 10.00. The van der Waals surface area contributed by atoms with Crippen LogP contribution in [0.25, 0.3) is 0 Å². The van der Waals surface area contributed by atoms with Gasteiger partial charge in [0.05, 0.1) is 6.04 Å². The van der Waals surface area contributed by atoms with Gasteiger partial charge in [-0.1, -0.05) is 0 Å². The van der Waals surface area contributed by atoms with Crippen LogP contribution in [-0.4, -0.2) is 73.5 Å². The van der Waals surface area contributed by atoms with Gasteiger partial charge in [0.1, 0.15) is 29.7 Å². The summed E-state index contributed by atoms with van der Waals surface area (Å²) < 4.78 is 28.6. The summed E-state index contributed by atoms with van der Waals surface area (Å²) in [4.78, 5) is 35.9. The van der Waals surface area contributed by atoms with Crippen molar-refractivity contribution in [1.82, 2.24) is 10.6 Å². The van der Waals surface area contributed by atoms with Crippen molar-refractivity contribution in [2.45, 2.75) is 96.4 Å². The maximum atomic E-state index is 12.4. The van der Waals surface area contributed by atoms with E-state index in [2.05, 4.69) is 10.6 Å². The molecule has 2 amide bonds. The van der Waals surface area contributed by atoms with Gasteiger partial charge >= 0.3 is 6.09 Å². The molecule has 0 spiro atoms. The topological polar surface area (TPSA) is 121 Å². The lowest BCUT2D eigenvalue weighted by Crippen LogP contribution is -2.52. The highest BCUT2D eigenvalue weighted by molar-refractivity contribution is 5.79. The van der Waals surface area contributed by atoms with Gasteiger partial charge in [0.2, 0.25) is 5.91 Å². The molecule has 0 aromatic carbocycles. The number of hydrogen-bond donors (Lipinski definition) is 2. The van der Waals surface area contributed by atoms with Gasteiger partial charge in [-0.2, -0.15) is 0 Å². The number of methoxy groups -OCH3 is 1. The van der Waals surface area contributed by atoms with E-state index in [0.717, 1.165) is 0 Å². The first-order chi connectivity index (χ1) is 13.8. The van der Waals surface area contributed by atoms with E-state index in [1.807, 2.05) is 0 Å². The number of Topliss-reactive ketones (excluding diaryl/α,β-unsaturated/α-hetero) is 1. The molecule has 2 aliphatic heterocycles. The van der Waals surface area contributed by atoms with Crippen LogP contribution in [0, 0.1) is 0 Å². The van der Waals surface area contributed by atoms with Gasteiger partial charge in [0, 0.05) is 26.5 Å². The number of amides is 2. The van der Waals surface area contributed by atoms with Gasteiger partial charge in [0.15, 0.2) is 12.1 Å². The first-order valence-electron chi connectivity index (χ1n) is 10.1. The number of ketones is 1. The van der Waals surface area contributed by atoms with Crippen molar-refractivity contribution in [3.8, 4) is 0 Å². The third-order valence-electron chi connectivity index (χ3n) is 4.60. The molecule has 0 radical (unpaired) electrons. The zero-order valence-electron chi connectivity index (χ0n) is 18.8. The van der Waals surface area contributed by atoms with Crippen molar-refractivity contribution < 1.29 is 38.1 Å². The van der Waals surface area contributed by atoms with E-state index < -0.39 is 48.1 Å². The molecule has 10 heteroatoms. The van der Waals surface area contributed by atoms with Gasteiger partial charge < -0.3 is 34.3 Å². The predicted molar refractivity (Wildman–Crippen MR) is 106 cm³/mol. The quantitative estimate of drug-likeness (QED) is 0.590. The van der Waals surface area contributed by atoms with Crippen LogP contribution in [0.4, 0.5) is 4.79 Å². The van der Waals surface area contributed by atoms with Gasteiger partial charge in [-0.3, -0.25) is 9.59 Å². The average molecular weight is 430 g/mol. The zero-order valence-corrected chi connectivity index (χ0v) is 18.8. The standard InChI is InChI=1S/C20H34N2O8/c1-11(23)8-9-21-13(24)10-12(22-18(25)30-19(2,3)4)14-15(26-7)16-17(27-14)29-20(5,6)28-16/h12,14-17H,8-10H2,1-7H3,(H,21,24)(H,22,25). The van der Waals surface area contributed by atoms with Crippen LogP contribution in [0.5, 0.6) is 0 Å². The van der Waals surface area contributed by atoms with E-state index in [-0.39, 0.29) is 31.1 Å². The number of rotatable bonds is 8. The van der Waals surface area contributed by atoms with Crippen LogP contribution in [0.2, 0.25) is 0 Å². The Bertz CT molecular complexity index is 645. The molecule has 30 heavy (non-hydrogen) atoms. The first-order valence-corrected chi connectivity index (χ1v) is 10.1. The van der Waals surface area contributed by atoms with Crippen molar-refractivity contribution >= 4 is 17.8 Å². The fourth-order valence-electron chi connectivity index (χ4n) is 3.45. The van der Waals surface area contributed by atoms with Crippen LogP contribution in [0.3, 0.4) is 0 Å². The van der Waals surface area contributed by atoms with E-state index in [0.29, 0.717) is 0 Å².